The van der Waals surface area contributed by atoms with Gasteiger partial charge in [0.05, 0.1) is 19.9 Å². The molecule has 0 radical (unpaired) electrons. The fourth-order valence-electron chi connectivity index (χ4n) is 2.58. The van der Waals surface area contributed by atoms with Crippen LogP contribution < -0.4 is 15.6 Å². The van der Waals surface area contributed by atoms with Crippen molar-refractivity contribution >= 4 is 23.2 Å². The number of nitrogens with zero attached hydrogens (tertiary/aromatic N) is 2. The number of halogens is 3. The lowest BCUT2D eigenvalue weighted by Crippen LogP contribution is -2.19. The summed E-state index contributed by atoms with van der Waals surface area (Å²) in [7, 11) is 4.60. The van der Waals surface area contributed by atoms with E-state index >= 15 is 0 Å². The fraction of sp³-hybridized carbons (Fsp3) is 0.238. The van der Waals surface area contributed by atoms with Gasteiger partial charge in [-0.2, -0.15) is 4.98 Å². The predicted octanol–water partition coefficient (Wildman–Crippen LogP) is 4.55. The molecule has 160 valence electrons. The van der Waals surface area contributed by atoms with Gasteiger partial charge >= 0.3 is 5.56 Å². The van der Waals surface area contributed by atoms with Gasteiger partial charge in [0.25, 0.3) is 0 Å². The van der Waals surface area contributed by atoms with Crippen LogP contribution in [0.4, 0.5) is 20.4 Å². The Hall–Kier alpha value is -2.97. The van der Waals surface area contributed by atoms with E-state index in [0.717, 1.165) is 11.6 Å². The summed E-state index contributed by atoms with van der Waals surface area (Å²) < 4.78 is 37.8. The average Bonchev–Trinajstić information content (AvgIpc) is 2.66. The molecule has 0 bridgehead atoms. The lowest BCUT2D eigenvalue weighted by Gasteiger charge is -2.16. The third-order valence-corrected chi connectivity index (χ3v) is 4.14. The maximum Gasteiger partial charge on any atom is 0.316 e. The standard InChI is InChI=1S/C19H16ClF2N3O2.C2H6O/c1-11-3-4-13(20)7-16(11)23-19-24-18(26)17(27-2)10-25(19)9-12-5-14(21)8-15(22)6-12;1-3-2/h3-8,10H,9H2,1-2H3,(H,23,24,26);1-2H3. The zero-order valence-electron chi connectivity index (χ0n) is 17.0. The summed E-state index contributed by atoms with van der Waals surface area (Å²) in [4.78, 5) is 16.1. The van der Waals surface area contributed by atoms with Gasteiger partial charge in [0.2, 0.25) is 11.7 Å². The van der Waals surface area contributed by atoms with Crippen molar-refractivity contribution in [1.29, 1.82) is 0 Å². The zero-order valence-corrected chi connectivity index (χ0v) is 17.8. The number of hydrogen-bond acceptors (Lipinski definition) is 5. The number of nitrogens with one attached hydrogen (secondary N) is 1. The zero-order chi connectivity index (χ0) is 22.3. The fourth-order valence-corrected chi connectivity index (χ4v) is 2.75. The molecule has 0 aliphatic rings. The molecule has 0 fully saturated rings. The molecule has 2 aromatic carbocycles. The summed E-state index contributed by atoms with van der Waals surface area (Å²) in [5.41, 5.74) is 1.33. The highest BCUT2D eigenvalue weighted by Gasteiger charge is 2.12. The maximum absolute atomic E-state index is 13.5. The lowest BCUT2D eigenvalue weighted by molar-refractivity contribution is 0.277. The minimum Gasteiger partial charge on any atom is -0.490 e. The summed E-state index contributed by atoms with van der Waals surface area (Å²) in [6.45, 7) is 1.94. The van der Waals surface area contributed by atoms with Crippen molar-refractivity contribution in [2.45, 2.75) is 13.5 Å². The number of methoxy groups -OCH3 is 2. The number of anilines is 2. The Morgan fingerprint density at radius 2 is 1.73 bits per heavy atom. The SMILES string of the molecule is COC.COc1cn(Cc2cc(F)cc(F)c2)c(Nc2cc(Cl)ccc2C)nc1=O. The van der Waals surface area contributed by atoms with Crippen LogP contribution in [0.2, 0.25) is 5.02 Å². The Labute approximate surface area is 178 Å². The van der Waals surface area contributed by atoms with Crippen molar-refractivity contribution in [2.24, 2.45) is 0 Å². The third-order valence-electron chi connectivity index (χ3n) is 3.90. The first-order valence-electron chi connectivity index (χ1n) is 8.81. The van der Waals surface area contributed by atoms with Crippen molar-refractivity contribution in [3.8, 4) is 5.75 Å². The average molecular weight is 438 g/mol. The smallest absolute Gasteiger partial charge is 0.316 e. The van der Waals surface area contributed by atoms with E-state index in [1.54, 1.807) is 26.4 Å². The molecule has 0 spiro atoms. The van der Waals surface area contributed by atoms with Gasteiger partial charge < -0.3 is 19.4 Å². The van der Waals surface area contributed by atoms with Crippen LogP contribution in [-0.2, 0) is 11.3 Å². The Bertz CT molecular complexity index is 1050. The van der Waals surface area contributed by atoms with Crippen LogP contribution in [0.15, 0.2) is 47.4 Å². The molecule has 0 unspecified atom stereocenters. The minimum absolute atomic E-state index is 0.0141. The van der Waals surface area contributed by atoms with Gasteiger partial charge in [0.1, 0.15) is 11.6 Å². The molecule has 1 heterocycles. The van der Waals surface area contributed by atoms with Gasteiger partial charge in [-0.1, -0.05) is 17.7 Å². The second-order valence-corrected chi connectivity index (χ2v) is 6.77. The molecule has 0 atom stereocenters. The Morgan fingerprint density at radius 1 is 1.10 bits per heavy atom. The second kappa shape index (κ2) is 10.7. The summed E-state index contributed by atoms with van der Waals surface area (Å²) in [5.74, 6) is -1.17. The minimum atomic E-state index is -0.689. The van der Waals surface area contributed by atoms with Crippen LogP contribution in [0.25, 0.3) is 0 Å². The van der Waals surface area contributed by atoms with Crippen molar-refractivity contribution in [3.05, 3.63) is 80.7 Å². The largest absolute Gasteiger partial charge is 0.490 e. The lowest BCUT2D eigenvalue weighted by atomic mass is 10.2. The molecule has 9 heteroatoms. The molecule has 0 aliphatic carbocycles. The van der Waals surface area contributed by atoms with Crippen LogP contribution in [0.1, 0.15) is 11.1 Å². The van der Waals surface area contributed by atoms with Gasteiger partial charge in [0, 0.05) is 31.0 Å². The molecule has 0 amide bonds. The van der Waals surface area contributed by atoms with Crippen LogP contribution in [-0.4, -0.2) is 30.9 Å². The Balaban J connectivity index is 0.00000101. The molecular formula is C21H22ClF2N3O3. The molecule has 6 nitrogen and oxygen atoms in total. The van der Waals surface area contributed by atoms with Gasteiger partial charge in [-0.15, -0.1) is 0 Å². The van der Waals surface area contributed by atoms with E-state index in [-0.39, 0.29) is 18.2 Å². The van der Waals surface area contributed by atoms with Crippen molar-refractivity contribution in [1.82, 2.24) is 9.55 Å². The second-order valence-electron chi connectivity index (χ2n) is 6.34. The van der Waals surface area contributed by atoms with E-state index in [0.29, 0.717) is 16.3 Å². The highest BCUT2D eigenvalue weighted by Crippen LogP contribution is 2.24. The number of hydrogen-bond donors (Lipinski definition) is 1. The first-order chi connectivity index (χ1) is 14.3. The van der Waals surface area contributed by atoms with Crippen molar-refractivity contribution in [3.63, 3.8) is 0 Å². The topological polar surface area (TPSA) is 65.4 Å². The summed E-state index contributed by atoms with van der Waals surface area (Å²) >= 11 is 6.03. The first kappa shape index (κ1) is 23.3. The Kier molecular flexibility index (Phi) is 8.32. The molecule has 30 heavy (non-hydrogen) atoms. The molecule has 0 saturated carbocycles. The van der Waals surface area contributed by atoms with E-state index in [4.69, 9.17) is 16.3 Å². The van der Waals surface area contributed by atoms with Crippen LogP contribution in [0.5, 0.6) is 5.75 Å². The van der Waals surface area contributed by atoms with E-state index in [1.807, 2.05) is 13.0 Å². The molecule has 3 aromatic rings. The number of aryl methyl sites for hydroxylation is 1. The van der Waals surface area contributed by atoms with Crippen LogP contribution >= 0.6 is 11.6 Å². The van der Waals surface area contributed by atoms with Gasteiger partial charge in [-0.25, -0.2) is 8.78 Å². The molecule has 0 aliphatic heterocycles. The van der Waals surface area contributed by atoms with Gasteiger partial charge in [0.15, 0.2) is 0 Å². The van der Waals surface area contributed by atoms with E-state index in [2.05, 4.69) is 15.0 Å². The van der Waals surface area contributed by atoms with Crippen molar-refractivity contribution < 1.29 is 18.3 Å². The Morgan fingerprint density at radius 3 is 2.33 bits per heavy atom. The highest BCUT2D eigenvalue weighted by molar-refractivity contribution is 6.30. The van der Waals surface area contributed by atoms with Gasteiger partial charge in [-0.3, -0.25) is 4.79 Å². The van der Waals surface area contributed by atoms with Crippen LogP contribution in [0.3, 0.4) is 0 Å². The molecular weight excluding hydrogens is 416 g/mol. The van der Waals surface area contributed by atoms with E-state index in [9.17, 15) is 13.6 Å². The number of benzene rings is 2. The molecule has 0 saturated heterocycles. The molecule has 3 rings (SSSR count). The maximum atomic E-state index is 13.5. The molecule has 1 aromatic heterocycles. The van der Waals surface area contributed by atoms with Gasteiger partial charge in [-0.05, 0) is 42.3 Å². The van der Waals surface area contributed by atoms with Crippen molar-refractivity contribution in [2.75, 3.05) is 26.6 Å². The van der Waals surface area contributed by atoms with E-state index in [1.165, 1.54) is 30.0 Å². The number of rotatable bonds is 5. The number of aromatic nitrogens is 2. The van der Waals surface area contributed by atoms with E-state index < -0.39 is 17.2 Å². The molecule has 1 N–H and O–H groups in total. The first-order valence-corrected chi connectivity index (χ1v) is 9.19. The monoisotopic (exact) mass is 437 g/mol. The quantitative estimate of drug-likeness (QED) is 0.634. The normalized spacial score (nSPS) is 10.2. The predicted molar refractivity (Wildman–Crippen MR) is 113 cm³/mol. The highest BCUT2D eigenvalue weighted by atomic mass is 35.5. The number of ether oxygens (including phenoxy) is 2. The summed E-state index contributed by atoms with van der Waals surface area (Å²) in [6.07, 6.45) is 1.43. The third kappa shape index (κ3) is 6.27. The summed E-state index contributed by atoms with van der Waals surface area (Å²) in [6, 6.07) is 8.47. The summed E-state index contributed by atoms with van der Waals surface area (Å²) in [5, 5.41) is 3.56. The van der Waals surface area contributed by atoms with Crippen LogP contribution in [0, 0.1) is 18.6 Å².